The first-order valence-corrected chi connectivity index (χ1v) is 11.7. The van der Waals surface area contributed by atoms with Gasteiger partial charge in [0.05, 0.1) is 6.61 Å². The Kier molecular flexibility index (Phi) is 7.51. The van der Waals surface area contributed by atoms with E-state index < -0.39 is 0 Å². The van der Waals surface area contributed by atoms with Crippen molar-refractivity contribution in [3.63, 3.8) is 0 Å². The fourth-order valence-corrected chi connectivity index (χ4v) is 4.03. The van der Waals surface area contributed by atoms with Crippen LogP contribution in [0, 0.1) is 6.92 Å². The van der Waals surface area contributed by atoms with Crippen molar-refractivity contribution in [2.24, 2.45) is 0 Å². The van der Waals surface area contributed by atoms with Gasteiger partial charge in [-0.3, -0.25) is 9.59 Å². The number of rotatable bonds is 9. The highest BCUT2D eigenvalue weighted by molar-refractivity contribution is 5.98. The number of hydrogen-bond donors (Lipinski definition) is 1. The van der Waals surface area contributed by atoms with Crippen molar-refractivity contribution in [2.45, 2.75) is 52.1 Å². The normalized spacial score (nSPS) is 13.6. The third-order valence-electron chi connectivity index (χ3n) is 5.82. The molecule has 0 bridgehead atoms. The molecular formula is C25H30N6O3. The van der Waals surface area contributed by atoms with Crippen molar-refractivity contribution in [2.75, 3.05) is 18.1 Å². The van der Waals surface area contributed by atoms with E-state index in [2.05, 4.69) is 20.7 Å². The second-order valence-electron chi connectivity index (χ2n) is 8.47. The van der Waals surface area contributed by atoms with Crippen LogP contribution in [0.15, 0.2) is 48.5 Å². The summed E-state index contributed by atoms with van der Waals surface area (Å²) in [5.41, 5.74) is 2.56. The fourth-order valence-electron chi connectivity index (χ4n) is 4.03. The minimum Gasteiger partial charge on any atom is -0.494 e. The average Bonchev–Trinajstić information content (AvgIpc) is 3.51. The average molecular weight is 463 g/mol. The van der Waals surface area contributed by atoms with E-state index in [-0.39, 0.29) is 30.9 Å². The molecule has 1 N–H and O–H groups in total. The van der Waals surface area contributed by atoms with Crippen molar-refractivity contribution >= 4 is 17.5 Å². The Morgan fingerprint density at radius 1 is 1.09 bits per heavy atom. The number of nitrogens with zero attached hydrogens (tertiary/aromatic N) is 5. The first kappa shape index (κ1) is 23.4. The molecule has 34 heavy (non-hydrogen) atoms. The molecule has 1 saturated carbocycles. The predicted molar refractivity (Wildman–Crippen MR) is 128 cm³/mol. The number of nitrogens with one attached hydrogen (secondary N) is 1. The molecular weight excluding hydrogens is 432 g/mol. The van der Waals surface area contributed by atoms with Gasteiger partial charge in [0, 0.05) is 17.3 Å². The van der Waals surface area contributed by atoms with Crippen molar-refractivity contribution in [3.05, 3.63) is 54.1 Å². The molecule has 1 heterocycles. The minimum atomic E-state index is -0.307. The Hall–Kier alpha value is -3.75. The summed E-state index contributed by atoms with van der Waals surface area (Å²) < 4.78 is 5.50. The molecule has 0 aliphatic heterocycles. The lowest BCUT2D eigenvalue weighted by Crippen LogP contribution is -2.44. The maximum absolute atomic E-state index is 13.3. The summed E-state index contributed by atoms with van der Waals surface area (Å²) in [6, 6.07) is 15.1. The van der Waals surface area contributed by atoms with Gasteiger partial charge >= 0.3 is 0 Å². The molecule has 1 fully saturated rings. The van der Waals surface area contributed by atoms with Crippen LogP contribution in [-0.4, -0.2) is 51.2 Å². The molecule has 0 spiro atoms. The van der Waals surface area contributed by atoms with Gasteiger partial charge in [-0.2, -0.15) is 4.80 Å². The zero-order chi connectivity index (χ0) is 23.9. The molecule has 9 heteroatoms. The van der Waals surface area contributed by atoms with E-state index in [1.54, 1.807) is 24.3 Å². The molecule has 2 aromatic carbocycles. The Morgan fingerprint density at radius 3 is 2.47 bits per heavy atom. The van der Waals surface area contributed by atoms with Crippen LogP contribution >= 0.6 is 0 Å². The van der Waals surface area contributed by atoms with Crippen LogP contribution in [0.5, 0.6) is 5.75 Å². The number of tetrazole rings is 1. The van der Waals surface area contributed by atoms with Gasteiger partial charge in [-0.15, -0.1) is 10.2 Å². The Labute approximate surface area is 199 Å². The quantitative estimate of drug-likeness (QED) is 0.524. The van der Waals surface area contributed by atoms with Crippen LogP contribution in [0.1, 0.15) is 38.2 Å². The van der Waals surface area contributed by atoms with Crippen LogP contribution in [-0.2, 0) is 16.1 Å². The van der Waals surface area contributed by atoms with Gasteiger partial charge in [0.15, 0.2) is 0 Å². The summed E-state index contributed by atoms with van der Waals surface area (Å²) in [5.74, 6) is 0.661. The van der Waals surface area contributed by atoms with Gasteiger partial charge < -0.3 is 15.0 Å². The van der Waals surface area contributed by atoms with E-state index in [4.69, 9.17) is 4.74 Å². The highest BCUT2D eigenvalue weighted by atomic mass is 16.5. The summed E-state index contributed by atoms with van der Waals surface area (Å²) >= 11 is 0. The first-order valence-electron chi connectivity index (χ1n) is 11.7. The van der Waals surface area contributed by atoms with E-state index in [0.717, 1.165) is 36.8 Å². The standard InChI is InChI=1S/C25H30N6O3/c1-3-34-22-14-12-21(13-15-22)30(16-23(32)26-20-6-4-5-7-20)24(33)17-31-28-25(27-29-31)19-10-8-18(2)9-11-19/h8-15,20H,3-7,16-17H2,1-2H3,(H,26,32). The first-order chi connectivity index (χ1) is 16.5. The monoisotopic (exact) mass is 462 g/mol. The number of benzene rings is 2. The van der Waals surface area contributed by atoms with E-state index in [9.17, 15) is 9.59 Å². The second-order valence-corrected chi connectivity index (χ2v) is 8.47. The minimum absolute atomic E-state index is 0.0805. The lowest BCUT2D eigenvalue weighted by Gasteiger charge is -2.23. The molecule has 1 aromatic heterocycles. The number of aryl methyl sites for hydroxylation is 1. The molecule has 0 radical (unpaired) electrons. The van der Waals surface area contributed by atoms with Gasteiger partial charge in [0.1, 0.15) is 18.8 Å². The molecule has 9 nitrogen and oxygen atoms in total. The third-order valence-corrected chi connectivity index (χ3v) is 5.82. The third kappa shape index (κ3) is 5.98. The van der Waals surface area contributed by atoms with Crippen molar-refractivity contribution < 1.29 is 14.3 Å². The number of carbonyl (C=O) groups excluding carboxylic acids is 2. The lowest BCUT2D eigenvalue weighted by atomic mass is 10.1. The maximum Gasteiger partial charge on any atom is 0.251 e. The van der Waals surface area contributed by atoms with Crippen molar-refractivity contribution in [3.8, 4) is 17.1 Å². The molecule has 1 aliphatic carbocycles. The summed E-state index contributed by atoms with van der Waals surface area (Å²) in [6.45, 7) is 4.25. The predicted octanol–water partition coefficient (Wildman–Crippen LogP) is 3.14. The van der Waals surface area contributed by atoms with Crippen LogP contribution in [0.4, 0.5) is 5.69 Å². The summed E-state index contributed by atoms with van der Waals surface area (Å²) in [6.07, 6.45) is 4.20. The molecule has 178 valence electrons. The Morgan fingerprint density at radius 2 is 1.79 bits per heavy atom. The summed E-state index contributed by atoms with van der Waals surface area (Å²) in [4.78, 5) is 28.7. The Bertz CT molecular complexity index is 1100. The number of anilines is 1. The smallest absolute Gasteiger partial charge is 0.251 e. The Balaban J connectivity index is 1.49. The van der Waals surface area contributed by atoms with Crippen molar-refractivity contribution in [1.82, 2.24) is 25.5 Å². The largest absolute Gasteiger partial charge is 0.494 e. The number of carbonyl (C=O) groups is 2. The topological polar surface area (TPSA) is 102 Å². The van der Waals surface area contributed by atoms with Gasteiger partial charge in [0.2, 0.25) is 11.7 Å². The zero-order valence-electron chi connectivity index (χ0n) is 19.6. The van der Waals surface area contributed by atoms with E-state index in [0.29, 0.717) is 23.9 Å². The maximum atomic E-state index is 13.3. The van der Waals surface area contributed by atoms with Crippen LogP contribution in [0.3, 0.4) is 0 Å². The molecule has 3 aromatic rings. The van der Waals surface area contributed by atoms with E-state index in [1.165, 1.54) is 9.70 Å². The zero-order valence-corrected chi connectivity index (χ0v) is 19.6. The lowest BCUT2D eigenvalue weighted by molar-refractivity contribution is -0.124. The van der Waals surface area contributed by atoms with Crippen LogP contribution in [0.2, 0.25) is 0 Å². The van der Waals surface area contributed by atoms with E-state index >= 15 is 0 Å². The van der Waals surface area contributed by atoms with E-state index in [1.807, 2.05) is 38.1 Å². The number of ether oxygens (including phenoxy) is 1. The fraction of sp³-hybridized carbons (Fsp3) is 0.400. The number of hydrogen-bond acceptors (Lipinski definition) is 6. The van der Waals surface area contributed by atoms with Crippen molar-refractivity contribution in [1.29, 1.82) is 0 Å². The molecule has 0 atom stereocenters. The van der Waals surface area contributed by atoms with Crippen LogP contribution in [0.25, 0.3) is 11.4 Å². The van der Waals surface area contributed by atoms with Gasteiger partial charge in [0.25, 0.3) is 5.91 Å². The SMILES string of the molecule is CCOc1ccc(N(CC(=O)NC2CCCC2)C(=O)Cn2nnc(-c3ccc(C)cc3)n2)cc1. The highest BCUT2D eigenvalue weighted by Gasteiger charge is 2.23. The number of aromatic nitrogens is 4. The highest BCUT2D eigenvalue weighted by Crippen LogP contribution is 2.21. The van der Waals surface area contributed by atoms with Gasteiger partial charge in [-0.05, 0) is 56.2 Å². The number of amides is 2. The molecule has 0 saturated heterocycles. The second kappa shape index (κ2) is 10.9. The van der Waals surface area contributed by atoms with Gasteiger partial charge in [-0.25, -0.2) is 0 Å². The molecule has 2 amide bonds. The van der Waals surface area contributed by atoms with Gasteiger partial charge in [-0.1, -0.05) is 42.7 Å². The van der Waals surface area contributed by atoms with Crippen LogP contribution < -0.4 is 15.0 Å². The molecule has 1 aliphatic rings. The summed E-state index contributed by atoms with van der Waals surface area (Å²) in [5, 5.41) is 15.5. The summed E-state index contributed by atoms with van der Waals surface area (Å²) in [7, 11) is 0. The molecule has 4 rings (SSSR count). The molecule has 0 unspecified atom stereocenters.